The highest BCUT2D eigenvalue weighted by molar-refractivity contribution is 6.09. The number of ether oxygens (including phenoxy) is 1. The fourth-order valence-corrected chi connectivity index (χ4v) is 4.80. The number of imide groups is 1. The number of likely N-dealkylation sites (N-methyl/N-ethyl adjacent to an activating group) is 1. The molecule has 0 radical (unpaired) electrons. The molecule has 3 N–H and O–H groups in total. The number of carbonyl (C=O) groups is 5. The van der Waals surface area contributed by atoms with Crippen molar-refractivity contribution < 1.29 is 60.2 Å². The second-order valence-electron chi connectivity index (χ2n) is 9.15. The minimum atomic E-state index is -5.08. The quantitative estimate of drug-likeness (QED) is 0.258. The number of methoxy groups -OCH3 is 1. The lowest BCUT2D eigenvalue weighted by Crippen LogP contribution is -2.58. The van der Waals surface area contributed by atoms with E-state index in [0.717, 1.165) is 29.2 Å². The highest BCUT2D eigenvalue weighted by Gasteiger charge is 2.67. The molecule has 2 aliphatic rings. The van der Waals surface area contributed by atoms with E-state index in [-0.39, 0.29) is 25.2 Å². The number of benzene rings is 1. The molecule has 41 heavy (non-hydrogen) atoms. The number of alkyl halides is 6. The Hall–Kier alpha value is -3.89. The first kappa shape index (κ1) is 33.3. The number of nitrogens with one attached hydrogen (secondary N) is 2. The third kappa shape index (κ3) is 6.89. The SMILES string of the molecule is CCN(C[C@H]1N[C@@](CC)(C(=O)OC)[C@H]2C(=O)N(C)C(=O)[C@@H]12)C(=O)Nc1ccc(C(F)(F)F)cc1.O=C(O)C(F)(F)F. The summed E-state index contributed by atoms with van der Waals surface area (Å²) in [4.78, 5) is 62.5. The second-order valence-corrected chi connectivity index (χ2v) is 9.15. The standard InChI is InChI=1S/C22H27F3N4O5.C2HF3O2/c1-5-21(19(32)34-4)16-15(17(30)28(3)18(16)31)14(27-21)11-29(6-2)20(33)26-13-9-7-12(8-10-13)22(23,24)25;3-2(4,5)1(6)7/h7-10,14-16,27H,5-6,11H2,1-4H3,(H,26,33);(H,6,7)/t14-,15+,16-,21-;/m1./s1. The van der Waals surface area contributed by atoms with E-state index in [1.807, 2.05) is 0 Å². The van der Waals surface area contributed by atoms with E-state index in [1.165, 1.54) is 19.1 Å². The summed E-state index contributed by atoms with van der Waals surface area (Å²) in [6, 6.07) is 2.69. The van der Waals surface area contributed by atoms with Gasteiger partial charge >= 0.3 is 30.3 Å². The fraction of sp³-hybridized carbons (Fsp3) is 0.542. The summed E-state index contributed by atoms with van der Waals surface area (Å²) < 4.78 is 75.0. The lowest BCUT2D eigenvalue weighted by Gasteiger charge is -2.32. The van der Waals surface area contributed by atoms with Gasteiger partial charge in [0.2, 0.25) is 11.8 Å². The number of urea groups is 1. The lowest BCUT2D eigenvalue weighted by molar-refractivity contribution is -0.192. The molecule has 11 nitrogen and oxygen atoms in total. The van der Waals surface area contributed by atoms with Crippen LogP contribution in [0.25, 0.3) is 0 Å². The molecule has 17 heteroatoms. The van der Waals surface area contributed by atoms with Gasteiger partial charge in [-0.15, -0.1) is 0 Å². The van der Waals surface area contributed by atoms with Crippen LogP contribution in [0.2, 0.25) is 0 Å². The van der Waals surface area contributed by atoms with Gasteiger partial charge in [0.1, 0.15) is 5.54 Å². The normalized spacial score (nSPS) is 23.9. The molecule has 2 aliphatic heterocycles. The molecule has 0 aliphatic carbocycles. The number of carboxylic acid groups (broad SMARTS) is 1. The molecule has 0 bridgehead atoms. The van der Waals surface area contributed by atoms with Crippen LogP contribution in [0.5, 0.6) is 0 Å². The van der Waals surface area contributed by atoms with Gasteiger partial charge in [0.25, 0.3) is 0 Å². The van der Waals surface area contributed by atoms with Crippen LogP contribution in [-0.4, -0.2) is 89.7 Å². The number of esters is 1. The van der Waals surface area contributed by atoms with Crippen LogP contribution in [-0.2, 0) is 30.1 Å². The number of fused-ring (bicyclic) bond motifs is 1. The van der Waals surface area contributed by atoms with Crippen molar-refractivity contribution in [1.82, 2.24) is 15.1 Å². The van der Waals surface area contributed by atoms with Gasteiger partial charge in [0.15, 0.2) is 0 Å². The number of hydrogen-bond donors (Lipinski definition) is 3. The Kier molecular flexibility index (Phi) is 10.0. The summed E-state index contributed by atoms with van der Waals surface area (Å²) in [5.41, 5.74) is -2.09. The third-order valence-corrected chi connectivity index (χ3v) is 6.88. The van der Waals surface area contributed by atoms with E-state index in [1.54, 1.807) is 13.8 Å². The van der Waals surface area contributed by atoms with E-state index < -0.39 is 71.1 Å². The van der Waals surface area contributed by atoms with E-state index in [9.17, 15) is 45.5 Å². The molecule has 0 saturated carbocycles. The van der Waals surface area contributed by atoms with E-state index in [2.05, 4.69) is 10.6 Å². The molecule has 2 heterocycles. The Balaban J connectivity index is 0.000000745. The molecule has 0 spiro atoms. The van der Waals surface area contributed by atoms with Gasteiger partial charge in [-0.1, -0.05) is 6.92 Å². The topological polar surface area (TPSA) is 145 Å². The number of nitrogens with zero attached hydrogens (tertiary/aromatic N) is 2. The Bertz CT molecular complexity index is 1170. The Labute approximate surface area is 229 Å². The highest BCUT2D eigenvalue weighted by atomic mass is 19.4. The molecule has 0 aromatic heterocycles. The van der Waals surface area contributed by atoms with Gasteiger partial charge < -0.3 is 20.1 Å². The number of amides is 4. The van der Waals surface area contributed by atoms with Gasteiger partial charge in [0, 0.05) is 31.9 Å². The van der Waals surface area contributed by atoms with Gasteiger partial charge in [-0.05, 0) is 37.6 Å². The number of rotatable bonds is 6. The Morgan fingerprint density at radius 2 is 1.61 bits per heavy atom. The van der Waals surface area contributed by atoms with Crippen molar-refractivity contribution in [2.75, 3.05) is 32.6 Å². The molecular formula is C24H28F6N4O7. The van der Waals surface area contributed by atoms with Crippen molar-refractivity contribution in [2.45, 2.75) is 44.2 Å². The molecule has 2 saturated heterocycles. The largest absolute Gasteiger partial charge is 0.490 e. The number of hydrogen-bond acceptors (Lipinski definition) is 7. The number of aliphatic carboxylic acids is 1. The zero-order chi connectivity index (χ0) is 31.5. The number of halogens is 6. The number of carbonyl (C=O) groups excluding carboxylic acids is 4. The van der Waals surface area contributed by atoms with Gasteiger partial charge in [0.05, 0.1) is 24.5 Å². The van der Waals surface area contributed by atoms with Crippen LogP contribution in [0.3, 0.4) is 0 Å². The number of anilines is 1. The number of carboxylic acids is 1. The molecule has 4 amide bonds. The summed E-state index contributed by atoms with van der Waals surface area (Å²) in [7, 11) is 2.55. The summed E-state index contributed by atoms with van der Waals surface area (Å²) in [6.07, 6.45) is -9.39. The fourth-order valence-electron chi connectivity index (χ4n) is 4.80. The molecule has 3 rings (SSSR count). The first-order chi connectivity index (χ1) is 18.8. The predicted octanol–water partition coefficient (Wildman–Crippen LogP) is 2.72. The van der Waals surface area contributed by atoms with Crippen LogP contribution in [0.1, 0.15) is 25.8 Å². The summed E-state index contributed by atoms with van der Waals surface area (Å²) in [6.45, 7) is 3.58. The van der Waals surface area contributed by atoms with Gasteiger partial charge in [-0.3, -0.25) is 24.6 Å². The minimum Gasteiger partial charge on any atom is -0.475 e. The molecular weight excluding hydrogens is 570 g/mol. The maximum Gasteiger partial charge on any atom is 0.490 e. The molecule has 228 valence electrons. The average molecular weight is 598 g/mol. The summed E-state index contributed by atoms with van der Waals surface area (Å²) >= 11 is 0. The van der Waals surface area contributed by atoms with Gasteiger partial charge in [-0.25, -0.2) is 9.59 Å². The van der Waals surface area contributed by atoms with Crippen molar-refractivity contribution in [3.63, 3.8) is 0 Å². The zero-order valence-electron chi connectivity index (χ0n) is 22.2. The average Bonchev–Trinajstić information content (AvgIpc) is 3.35. The summed E-state index contributed by atoms with van der Waals surface area (Å²) in [5, 5.41) is 12.8. The third-order valence-electron chi connectivity index (χ3n) is 6.88. The van der Waals surface area contributed by atoms with Crippen LogP contribution in [0.4, 0.5) is 36.8 Å². The van der Waals surface area contributed by atoms with Crippen LogP contribution in [0.15, 0.2) is 24.3 Å². The maximum atomic E-state index is 12.9. The Morgan fingerprint density at radius 3 is 2.02 bits per heavy atom. The predicted molar refractivity (Wildman–Crippen MR) is 128 cm³/mol. The minimum absolute atomic E-state index is 0.0181. The van der Waals surface area contributed by atoms with Crippen molar-refractivity contribution in [3.8, 4) is 0 Å². The molecule has 4 atom stereocenters. The maximum absolute atomic E-state index is 12.9. The van der Waals surface area contributed by atoms with E-state index in [4.69, 9.17) is 14.6 Å². The van der Waals surface area contributed by atoms with Crippen molar-refractivity contribution in [3.05, 3.63) is 29.8 Å². The van der Waals surface area contributed by atoms with Crippen LogP contribution in [0, 0.1) is 11.8 Å². The second kappa shape index (κ2) is 12.3. The number of likely N-dealkylation sites (tertiary alicyclic amines) is 1. The molecule has 0 unspecified atom stereocenters. The first-order valence-corrected chi connectivity index (χ1v) is 12.1. The molecule has 1 aromatic rings. The smallest absolute Gasteiger partial charge is 0.475 e. The van der Waals surface area contributed by atoms with Gasteiger partial charge in [-0.2, -0.15) is 26.3 Å². The van der Waals surface area contributed by atoms with Crippen molar-refractivity contribution >= 4 is 35.5 Å². The van der Waals surface area contributed by atoms with Crippen molar-refractivity contribution in [2.24, 2.45) is 11.8 Å². The highest BCUT2D eigenvalue weighted by Crippen LogP contribution is 2.44. The monoisotopic (exact) mass is 598 g/mol. The van der Waals surface area contributed by atoms with E-state index >= 15 is 0 Å². The molecule has 2 fully saturated rings. The van der Waals surface area contributed by atoms with E-state index in [0.29, 0.717) is 0 Å². The van der Waals surface area contributed by atoms with Crippen LogP contribution < -0.4 is 10.6 Å². The summed E-state index contributed by atoms with van der Waals surface area (Å²) in [5.74, 6) is -6.21. The lowest BCUT2D eigenvalue weighted by atomic mass is 9.78. The zero-order valence-corrected chi connectivity index (χ0v) is 22.2. The Morgan fingerprint density at radius 1 is 1.07 bits per heavy atom. The molecule has 1 aromatic carbocycles. The van der Waals surface area contributed by atoms with Crippen LogP contribution >= 0.6 is 0 Å². The van der Waals surface area contributed by atoms with Crippen molar-refractivity contribution in [1.29, 1.82) is 0 Å². The first-order valence-electron chi connectivity index (χ1n) is 12.1.